The summed E-state index contributed by atoms with van der Waals surface area (Å²) in [6.45, 7) is 6.47. The molecule has 0 radical (unpaired) electrons. The summed E-state index contributed by atoms with van der Waals surface area (Å²) < 4.78 is 5.91. The monoisotopic (exact) mass is 820 g/mol. The second-order valence-electron chi connectivity index (χ2n) is 17.9. The van der Waals surface area contributed by atoms with Crippen molar-refractivity contribution < 1.29 is 24.5 Å². The predicted octanol–water partition coefficient (Wildman–Crippen LogP) is 15.3. The summed E-state index contributed by atoms with van der Waals surface area (Å²) in [5.74, 6) is -0.474. The molecule has 0 saturated carbocycles. The number of nitrogens with one attached hydrogen (secondary N) is 1. The van der Waals surface area contributed by atoms with E-state index in [1.807, 2.05) is 0 Å². The first-order chi connectivity index (χ1) is 28.5. The van der Waals surface area contributed by atoms with Crippen LogP contribution >= 0.6 is 0 Å². The number of carbonyl (C=O) groups excluding carboxylic acids is 2. The Hall–Kier alpha value is -1.40. The van der Waals surface area contributed by atoms with E-state index in [2.05, 4.69) is 38.2 Å². The van der Waals surface area contributed by atoms with Gasteiger partial charge in [0, 0.05) is 6.42 Å². The van der Waals surface area contributed by atoms with Gasteiger partial charge in [-0.05, 0) is 51.4 Å². The molecular weight excluding hydrogens is 719 g/mol. The Morgan fingerprint density at radius 3 is 1.26 bits per heavy atom. The average molecular weight is 820 g/mol. The van der Waals surface area contributed by atoms with Gasteiger partial charge in [-0.3, -0.25) is 9.59 Å². The molecule has 6 heteroatoms. The summed E-state index contributed by atoms with van der Waals surface area (Å²) in [7, 11) is 0. The molecule has 344 valence electrons. The highest BCUT2D eigenvalue weighted by Crippen LogP contribution is 2.18. The molecule has 6 nitrogen and oxygen atoms in total. The SMILES string of the molecule is CCCCC/C=C\CCCCCC(CC(=O)NC(CO)C(O)CCCCCCCCCCCCCCCCC)OC(=O)CCCCCCCCCCCCCCCC. The number of amides is 1. The average Bonchev–Trinajstić information content (AvgIpc) is 3.22. The Balaban J connectivity index is 4.46. The lowest BCUT2D eigenvalue weighted by molar-refractivity contribution is -0.151. The maximum absolute atomic E-state index is 13.2. The van der Waals surface area contributed by atoms with Crippen molar-refractivity contribution in [1.29, 1.82) is 0 Å². The van der Waals surface area contributed by atoms with E-state index in [1.54, 1.807) is 0 Å². The molecule has 0 aromatic heterocycles. The van der Waals surface area contributed by atoms with E-state index in [0.29, 0.717) is 19.3 Å². The number of hydrogen-bond donors (Lipinski definition) is 3. The van der Waals surface area contributed by atoms with Crippen molar-refractivity contribution in [1.82, 2.24) is 5.32 Å². The largest absolute Gasteiger partial charge is 0.462 e. The standard InChI is InChI=1S/C52H101NO5/c1-4-7-10-13-16-19-22-24-26-27-29-32-35-38-41-44-50(55)49(47-54)53-51(56)46-48(43-40-37-34-31-21-18-15-12-9-6-3)58-52(57)45-42-39-36-33-30-28-25-23-20-17-14-11-8-5-2/h18,21,48-50,54-55H,4-17,19-20,22-47H2,1-3H3,(H,53,56)/b21-18-. The van der Waals surface area contributed by atoms with Crippen molar-refractivity contribution in [3.8, 4) is 0 Å². The van der Waals surface area contributed by atoms with Crippen molar-refractivity contribution in [3.63, 3.8) is 0 Å². The number of aliphatic hydroxyl groups excluding tert-OH is 2. The third-order valence-electron chi connectivity index (χ3n) is 12.1. The summed E-state index contributed by atoms with van der Waals surface area (Å²) in [5, 5.41) is 23.8. The lowest BCUT2D eigenvalue weighted by atomic mass is 10.0. The highest BCUT2D eigenvalue weighted by Gasteiger charge is 2.24. The maximum Gasteiger partial charge on any atom is 0.306 e. The highest BCUT2D eigenvalue weighted by atomic mass is 16.5. The van der Waals surface area contributed by atoms with Crippen LogP contribution in [-0.2, 0) is 14.3 Å². The molecule has 3 unspecified atom stereocenters. The van der Waals surface area contributed by atoms with Crippen LogP contribution in [0.2, 0.25) is 0 Å². The lowest BCUT2D eigenvalue weighted by Gasteiger charge is -2.24. The summed E-state index contributed by atoms with van der Waals surface area (Å²) >= 11 is 0. The van der Waals surface area contributed by atoms with E-state index in [1.165, 1.54) is 173 Å². The molecule has 0 fully saturated rings. The number of hydrogen-bond acceptors (Lipinski definition) is 5. The Morgan fingerprint density at radius 2 is 0.828 bits per heavy atom. The maximum atomic E-state index is 13.2. The molecule has 0 spiro atoms. The van der Waals surface area contributed by atoms with Crippen LogP contribution in [0.25, 0.3) is 0 Å². The van der Waals surface area contributed by atoms with Gasteiger partial charge in [0.1, 0.15) is 6.10 Å². The fraction of sp³-hybridized carbons (Fsp3) is 0.923. The molecule has 0 aliphatic carbocycles. The topological polar surface area (TPSA) is 95.9 Å². The molecular formula is C52H101NO5. The van der Waals surface area contributed by atoms with E-state index in [4.69, 9.17) is 4.74 Å². The smallest absolute Gasteiger partial charge is 0.306 e. The van der Waals surface area contributed by atoms with Gasteiger partial charge in [0.15, 0.2) is 0 Å². The van der Waals surface area contributed by atoms with Crippen molar-refractivity contribution in [2.75, 3.05) is 6.61 Å². The van der Waals surface area contributed by atoms with Gasteiger partial charge in [-0.25, -0.2) is 0 Å². The third-order valence-corrected chi connectivity index (χ3v) is 12.1. The minimum Gasteiger partial charge on any atom is -0.462 e. The van der Waals surface area contributed by atoms with Crippen LogP contribution in [-0.4, -0.2) is 46.9 Å². The molecule has 0 bridgehead atoms. The Bertz CT molecular complexity index is 878. The van der Waals surface area contributed by atoms with Gasteiger partial charge in [-0.15, -0.1) is 0 Å². The fourth-order valence-corrected chi connectivity index (χ4v) is 8.13. The highest BCUT2D eigenvalue weighted by molar-refractivity contribution is 5.77. The van der Waals surface area contributed by atoms with Crippen molar-refractivity contribution >= 4 is 11.9 Å². The van der Waals surface area contributed by atoms with Crippen LogP contribution in [0.3, 0.4) is 0 Å². The minimum absolute atomic E-state index is 0.0734. The summed E-state index contributed by atoms with van der Waals surface area (Å²) in [5.41, 5.74) is 0. The molecule has 0 aliphatic heterocycles. The van der Waals surface area contributed by atoms with Crippen molar-refractivity contribution in [2.45, 2.75) is 302 Å². The Morgan fingerprint density at radius 1 is 0.483 bits per heavy atom. The molecule has 0 aliphatic rings. The van der Waals surface area contributed by atoms with Crippen molar-refractivity contribution in [2.24, 2.45) is 0 Å². The van der Waals surface area contributed by atoms with Crippen LogP contribution in [0.1, 0.15) is 284 Å². The van der Waals surface area contributed by atoms with Crippen LogP contribution < -0.4 is 5.32 Å². The van der Waals surface area contributed by atoms with E-state index < -0.39 is 18.2 Å². The zero-order valence-corrected chi connectivity index (χ0v) is 39.2. The number of rotatable bonds is 47. The quantitative estimate of drug-likeness (QED) is 0.0323. The Kier molecular flexibility index (Phi) is 45.5. The first-order valence-electron chi connectivity index (χ1n) is 25.9. The normalized spacial score (nSPS) is 13.3. The molecule has 0 rings (SSSR count). The second-order valence-corrected chi connectivity index (χ2v) is 17.9. The molecule has 3 atom stereocenters. The molecule has 0 aromatic carbocycles. The molecule has 1 amide bonds. The molecule has 0 aromatic rings. The molecule has 0 saturated heterocycles. The number of aliphatic hydroxyl groups is 2. The predicted molar refractivity (Wildman–Crippen MR) is 250 cm³/mol. The molecule has 0 heterocycles. The third kappa shape index (κ3) is 41.3. The van der Waals surface area contributed by atoms with E-state index in [-0.39, 0.29) is 24.9 Å². The first kappa shape index (κ1) is 56.6. The van der Waals surface area contributed by atoms with Gasteiger partial charge in [0.05, 0.1) is 25.2 Å². The van der Waals surface area contributed by atoms with E-state index >= 15 is 0 Å². The van der Waals surface area contributed by atoms with Crippen molar-refractivity contribution in [3.05, 3.63) is 12.2 Å². The second kappa shape index (κ2) is 46.7. The molecule has 3 N–H and O–H groups in total. The van der Waals surface area contributed by atoms with Gasteiger partial charge in [0.25, 0.3) is 0 Å². The van der Waals surface area contributed by atoms with Gasteiger partial charge in [-0.2, -0.15) is 0 Å². The number of unbranched alkanes of at least 4 members (excludes halogenated alkanes) is 33. The lowest BCUT2D eigenvalue weighted by Crippen LogP contribution is -2.46. The Labute approximate surface area is 361 Å². The zero-order valence-electron chi connectivity index (χ0n) is 39.2. The van der Waals surface area contributed by atoms with Crippen LogP contribution in [0.5, 0.6) is 0 Å². The van der Waals surface area contributed by atoms with Crippen LogP contribution in [0, 0.1) is 0 Å². The minimum atomic E-state index is -0.785. The number of ether oxygens (including phenoxy) is 1. The van der Waals surface area contributed by atoms with Gasteiger partial charge in [0.2, 0.25) is 5.91 Å². The number of esters is 1. The van der Waals surface area contributed by atoms with Gasteiger partial charge in [-0.1, -0.05) is 232 Å². The number of carbonyl (C=O) groups is 2. The fourth-order valence-electron chi connectivity index (χ4n) is 8.13. The first-order valence-corrected chi connectivity index (χ1v) is 25.9. The van der Waals surface area contributed by atoms with Crippen LogP contribution in [0.4, 0.5) is 0 Å². The summed E-state index contributed by atoms with van der Waals surface area (Å²) in [6.07, 6.45) is 51.3. The number of allylic oxidation sites excluding steroid dienone is 2. The molecule has 58 heavy (non-hydrogen) atoms. The summed E-state index contributed by atoms with van der Waals surface area (Å²) in [6, 6.07) is -0.699. The van der Waals surface area contributed by atoms with E-state index in [0.717, 1.165) is 64.2 Å². The van der Waals surface area contributed by atoms with Gasteiger partial charge >= 0.3 is 5.97 Å². The van der Waals surface area contributed by atoms with Gasteiger partial charge < -0.3 is 20.3 Å². The van der Waals surface area contributed by atoms with Crippen LogP contribution in [0.15, 0.2) is 12.2 Å². The van der Waals surface area contributed by atoms with E-state index in [9.17, 15) is 19.8 Å². The summed E-state index contributed by atoms with van der Waals surface area (Å²) in [4.78, 5) is 26.1. The zero-order chi connectivity index (χ0) is 42.4.